The molecule has 0 bridgehead atoms. The first kappa shape index (κ1) is 12.3. The van der Waals surface area contributed by atoms with Gasteiger partial charge in [-0.3, -0.25) is 4.72 Å². The summed E-state index contributed by atoms with van der Waals surface area (Å²) in [5, 5.41) is 0.362. The summed E-state index contributed by atoms with van der Waals surface area (Å²) >= 11 is 5.94. The fraction of sp³-hybridized carbons (Fsp3) is 0.333. The Morgan fingerprint density at radius 3 is 2.47 bits per heavy atom. The van der Waals surface area contributed by atoms with E-state index in [1.54, 1.807) is 19.1 Å². The second kappa shape index (κ2) is 4.38. The molecule has 1 rings (SSSR count). The molecule has 0 unspecified atom stereocenters. The van der Waals surface area contributed by atoms with Crippen LogP contribution in [0.1, 0.15) is 11.1 Å². The van der Waals surface area contributed by atoms with Crippen molar-refractivity contribution in [2.75, 3.05) is 11.0 Å². The summed E-state index contributed by atoms with van der Waals surface area (Å²) in [4.78, 5) is 0. The van der Waals surface area contributed by atoms with E-state index in [2.05, 4.69) is 4.72 Å². The van der Waals surface area contributed by atoms with Gasteiger partial charge < -0.3 is 5.73 Å². The van der Waals surface area contributed by atoms with Gasteiger partial charge in [0.25, 0.3) is 0 Å². The number of nitrogens with two attached hydrogens (primary N) is 1. The summed E-state index contributed by atoms with van der Waals surface area (Å²) in [6.45, 7) is 2.15. The van der Waals surface area contributed by atoms with E-state index in [1.807, 2.05) is 0 Å². The largest absolute Gasteiger partial charge is 0.326 e. The molecule has 0 aliphatic heterocycles. The van der Waals surface area contributed by atoms with Crippen molar-refractivity contribution >= 4 is 27.3 Å². The predicted molar refractivity (Wildman–Crippen MR) is 62.5 cm³/mol. The lowest BCUT2D eigenvalue weighted by atomic mass is 10.1. The van der Waals surface area contributed by atoms with Crippen LogP contribution < -0.4 is 10.5 Å². The lowest BCUT2D eigenvalue weighted by molar-refractivity contribution is 0.607. The van der Waals surface area contributed by atoms with E-state index < -0.39 is 10.0 Å². The van der Waals surface area contributed by atoms with Crippen LogP contribution >= 0.6 is 11.6 Å². The van der Waals surface area contributed by atoms with Gasteiger partial charge in [-0.25, -0.2) is 8.42 Å². The number of aryl methyl sites for hydroxylation is 1. The van der Waals surface area contributed by atoms with Crippen LogP contribution in [0.15, 0.2) is 12.1 Å². The molecule has 6 heteroatoms. The van der Waals surface area contributed by atoms with Gasteiger partial charge in [-0.05, 0) is 24.1 Å². The van der Waals surface area contributed by atoms with Gasteiger partial charge in [0, 0.05) is 6.54 Å². The van der Waals surface area contributed by atoms with Crippen LogP contribution in [-0.2, 0) is 16.6 Å². The first-order valence-electron chi connectivity index (χ1n) is 4.30. The van der Waals surface area contributed by atoms with E-state index in [0.717, 1.165) is 17.4 Å². The minimum Gasteiger partial charge on any atom is -0.326 e. The van der Waals surface area contributed by atoms with Crippen LogP contribution in [0, 0.1) is 6.92 Å². The first-order chi connectivity index (χ1) is 6.83. The molecule has 1 aromatic carbocycles. The maximum Gasteiger partial charge on any atom is 0.229 e. The van der Waals surface area contributed by atoms with Crippen molar-refractivity contribution in [2.45, 2.75) is 13.5 Å². The van der Waals surface area contributed by atoms with Gasteiger partial charge in [-0.15, -0.1) is 0 Å². The molecule has 1 aromatic rings. The predicted octanol–water partition coefficient (Wildman–Crippen LogP) is 1.48. The van der Waals surface area contributed by atoms with Crippen LogP contribution in [0.3, 0.4) is 0 Å². The number of rotatable bonds is 3. The molecule has 0 fully saturated rings. The second-order valence-corrected chi connectivity index (χ2v) is 5.50. The van der Waals surface area contributed by atoms with Gasteiger partial charge in [0.05, 0.1) is 17.0 Å². The van der Waals surface area contributed by atoms with E-state index >= 15 is 0 Å². The van der Waals surface area contributed by atoms with Crippen molar-refractivity contribution in [3.8, 4) is 0 Å². The van der Waals surface area contributed by atoms with Crippen molar-refractivity contribution < 1.29 is 8.42 Å². The van der Waals surface area contributed by atoms with Crippen LogP contribution in [0.25, 0.3) is 0 Å². The Bertz CT molecular complexity index is 448. The highest BCUT2D eigenvalue weighted by Crippen LogP contribution is 2.28. The number of sulfonamides is 1. The Labute approximate surface area is 94.5 Å². The molecule has 0 atom stereocenters. The number of halogens is 1. The lowest BCUT2D eigenvalue weighted by Gasteiger charge is -2.11. The van der Waals surface area contributed by atoms with Crippen molar-refractivity contribution in [3.05, 3.63) is 28.3 Å². The van der Waals surface area contributed by atoms with Gasteiger partial charge in [0.15, 0.2) is 0 Å². The first-order valence-corrected chi connectivity index (χ1v) is 6.57. The highest BCUT2D eigenvalue weighted by Gasteiger charge is 2.10. The average Bonchev–Trinajstić information content (AvgIpc) is 2.09. The Morgan fingerprint density at radius 2 is 2.07 bits per heavy atom. The smallest absolute Gasteiger partial charge is 0.229 e. The number of benzene rings is 1. The zero-order chi connectivity index (χ0) is 11.6. The molecule has 0 spiro atoms. The minimum atomic E-state index is -3.31. The Kier molecular flexibility index (Phi) is 3.59. The normalized spacial score (nSPS) is 11.5. The van der Waals surface area contributed by atoms with Crippen molar-refractivity contribution in [1.82, 2.24) is 0 Å². The lowest BCUT2D eigenvalue weighted by Crippen LogP contribution is -2.11. The van der Waals surface area contributed by atoms with Crippen molar-refractivity contribution in [1.29, 1.82) is 0 Å². The highest BCUT2D eigenvalue weighted by atomic mass is 35.5. The van der Waals surface area contributed by atoms with Gasteiger partial charge in [-0.1, -0.05) is 17.7 Å². The number of hydrogen-bond donors (Lipinski definition) is 2. The van der Waals surface area contributed by atoms with Gasteiger partial charge in [-0.2, -0.15) is 0 Å². The molecule has 0 radical (unpaired) electrons. The Balaban J connectivity index is 3.20. The number of anilines is 1. The third-order valence-electron chi connectivity index (χ3n) is 1.87. The van der Waals surface area contributed by atoms with E-state index in [9.17, 15) is 8.42 Å². The zero-order valence-corrected chi connectivity index (χ0v) is 10.1. The Hall–Kier alpha value is -0.780. The van der Waals surface area contributed by atoms with E-state index in [-0.39, 0.29) is 0 Å². The van der Waals surface area contributed by atoms with Crippen molar-refractivity contribution in [2.24, 2.45) is 5.73 Å². The molecule has 0 heterocycles. The summed E-state index contributed by atoms with van der Waals surface area (Å²) < 4.78 is 24.5. The fourth-order valence-corrected chi connectivity index (χ4v) is 2.28. The summed E-state index contributed by atoms with van der Waals surface area (Å²) in [5.74, 6) is 0. The molecule has 0 aromatic heterocycles. The third-order valence-corrected chi connectivity index (χ3v) is 2.74. The van der Waals surface area contributed by atoms with Crippen LogP contribution in [-0.4, -0.2) is 14.7 Å². The zero-order valence-electron chi connectivity index (χ0n) is 8.54. The molecule has 3 N–H and O–H groups in total. The minimum absolute atomic E-state index is 0.362. The molecule has 0 saturated heterocycles. The number of nitrogens with one attached hydrogen (secondary N) is 1. The summed E-state index contributed by atoms with van der Waals surface area (Å²) in [6, 6.07) is 3.46. The summed E-state index contributed by atoms with van der Waals surface area (Å²) in [7, 11) is -3.31. The van der Waals surface area contributed by atoms with E-state index in [4.69, 9.17) is 17.3 Å². The molecule has 0 amide bonds. The molecule has 84 valence electrons. The van der Waals surface area contributed by atoms with E-state index in [1.165, 1.54) is 0 Å². The van der Waals surface area contributed by atoms with Crippen LogP contribution in [0.5, 0.6) is 0 Å². The van der Waals surface area contributed by atoms with Crippen molar-refractivity contribution in [3.63, 3.8) is 0 Å². The third kappa shape index (κ3) is 3.37. The Morgan fingerprint density at radius 1 is 1.47 bits per heavy atom. The standard InChI is InChI=1S/C9H13ClN2O2S/c1-6-3-7(5-11)4-8(10)9(6)12-15(2,13)14/h3-4,12H,5,11H2,1-2H3. The molecule has 15 heavy (non-hydrogen) atoms. The molecule has 4 nitrogen and oxygen atoms in total. The van der Waals surface area contributed by atoms with Gasteiger partial charge >= 0.3 is 0 Å². The van der Waals surface area contributed by atoms with E-state index in [0.29, 0.717) is 17.3 Å². The van der Waals surface area contributed by atoms with Crippen LogP contribution in [0.4, 0.5) is 5.69 Å². The molecule has 0 aliphatic carbocycles. The monoisotopic (exact) mass is 248 g/mol. The quantitative estimate of drug-likeness (QED) is 0.851. The highest BCUT2D eigenvalue weighted by molar-refractivity contribution is 7.92. The average molecular weight is 249 g/mol. The fourth-order valence-electron chi connectivity index (χ4n) is 1.25. The summed E-state index contributed by atoms with van der Waals surface area (Å²) in [6.07, 6.45) is 1.08. The second-order valence-electron chi connectivity index (χ2n) is 3.35. The summed E-state index contributed by atoms with van der Waals surface area (Å²) in [5.41, 5.74) is 7.51. The molecular weight excluding hydrogens is 236 g/mol. The molecule has 0 saturated carbocycles. The van der Waals surface area contributed by atoms with Gasteiger partial charge in [0.1, 0.15) is 0 Å². The molecule has 0 aliphatic rings. The maximum absolute atomic E-state index is 11.1. The molecular formula is C9H13ClN2O2S. The van der Waals surface area contributed by atoms with Gasteiger partial charge in [0.2, 0.25) is 10.0 Å². The van der Waals surface area contributed by atoms with Crippen LogP contribution in [0.2, 0.25) is 5.02 Å². The maximum atomic E-state index is 11.1. The SMILES string of the molecule is Cc1cc(CN)cc(Cl)c1NS(C)(=O)=O. The number of hydrogen-bond acceptors (Lipinski definition) is 3. The topological polar surface area (TPSA) is 72.2 Å².